The molecule has 0 atom stereocenters. The second-order valence-corrected chi connectivity index (χ2v) is 6.09. The van der Waals surface area contributed by atoms with E-state index in [1.54, 1.807) is 11.3 Å². The lowest BCUT2D eigenvalue weighted by Gasteiger charge is -2.43. The zero-order chi connectivity index (χ0) is 11.7. The number of halogens is 1. The van der Waals surface area contributed by atoms with Crippen LogP contribution in [0.25, 0.3) is 0 Å². The zero-order valence-electron chi connectivity index (χ0n) is 9.32. The molecule has 1 aliphatic rings. The van der Waals surface area contributed by atoms with Gasteiger partial charge in [0.25, 0.3) is 0 Å². The van der Waals surface area contributed by atoms with Crippen LogP contribution >= 0.6 is 27.3 Å². The highest BCUT2D eigenvalue weighted by molar-refractivity contribution is 9.10. The van der Waals surface area contributed by atoms with E-state index < -0.39 is 0 Å². The Balaban J connectivity index is 1.95. The molecule has 1 aromatic heterocycles. The average molecular weight is 309 g/mol. The minimum atomic E-state index is 0.216. The third kappa shape index (κ3) is 2.05. The van der Waals surface area contributed by atoms with Gasteiger partial charge in [0.05, 0.1) is 11.2 Å². The van der Waals surface area contributed by atoms with Crippen LogP contribution in [0.1, 0.15) is 11.3 Å². The number of nitrogens with zero attached hydrogens (tertiary/aromatic N) is 1. The van der Waals surface area contributed by atoms with Crippen LogP contribution in [-0.2, 0) is 11.8 Å². The maximum atomic E-state index is 4.41. The molecule has 88 valence electrons. The van der Waals surface area contributed by atoms with Gasteiger partial charge in [0.1, 0.15) is 0 Å². The first-order valence-corrected chi connectivity index (χ1v) is 7.37. The van der Waals surface area contributed by atoms with Crippen molar-refractivity contribution < 1.29 is 0 Å². The Morgan fingerprint density at radius 2 is 2.18 bits per heavy atom. The van der Waals surface area contributed by atoms with Gasteiger partial charge in [-0.1, -0.05) is 34.1 Å². The summed E-state index contributed by atoms with van der Waals surface area (Å²) in [5, 5.41) is 5.54. The van der Waals surface area contributed by atoms with Crippen LogP contribution in [0.15, 0.2) is 39.6 Å². The van der Waals surface area contributed by atoms with Crippen molar-refractivity contribution in [2.75, 3.05) is 13.1 Å². The molecule has 2 nitrogen and oxygen atoms in total. The molecular weight excluding hydrogens is 296 g/mol. The minimum absolute atomic E-state index is 0.216. The van der Waals surface area contributed by atoms with Crippen molar-refractivity contribution in [1.82, 2.24) is 10.3 Å². The summed E-state index contributed by atoms with van der Waals surface area (Å²) < 4.78 is 1.21. The average Bonchev–Trinajstić information content (AvgIpc) is 2.77. The zero-order valence-corrected chi connectivity index (χ0v) is 11.7. The minimum Gasteiger partial charge on any atom is -0.315 e. The van der Waals surface area contributed by atoms with Crippen molar-refractivity contribution >= 4 is 27.3 Å². The molecule has 2 heterocycles. The summed E-state index contributed by atoms with van der Waals surface area (Å²) >= 11 is 5.34. The molecule has 0 saturated carbocycles. The van der Waals surface area contributed by atoms with Gasteiger partial charge < -0.3 is 5.32 Å². The molecule has 0 spiro atoms. The monoisotopic (exact) mass is 308 g/mol. The van der Waals surface area contributed by atoms with E-state index in [-0.39, 0.29) is 5.41 Å². The molecule has 0 amide bonds. The van der Waals surface area contributed by atoms with Crippen molar-refractivity contribution in [2.45, 2.75) is 11.8 Å². The summed E-state index contributed by atoms with van der Waals surface area (Å²) in [6.07, 6.45) is 1.02. The standard InChI is InChI=1S/C13H13BrN2S/c14-12-4-2-1-3-11(12)13(7-15-8-13)5-10-6-17-9-16-10/h1-4,6,9,15H,5,7-8H2. The van der Waals surface area contributed by atoms with Crippen molar-refractivity contribution in [2.24, 2.45) is 0 Å². The highest BCUT2D eigenvalue weighted by atomic mass is 79.9. The van der Waals surface area contributed by atoms with Crippen molar-refractivity contribution in [3.05, 3.63) is 50.9 Å². The van der Waals surface area contributed by atoms with E-state index in [0.29, 0.717) is 0 Å². The van der Waals surface area contributed by atoms with Gasteiger partial charge in [-0.2, -0.15) is 0 Å². The Bertz CT molecular complexity index is 506. The Kier molecular flexibility index (Phi) is 3.03. The fourth-order valence-electron chi connectivity index (χ4n) is 2.40. The summed E-state index contributed by atoms with van der Waals surface area (Å²) in [6, 6.07) is 8.52. The highest BCUT2D eigenvalue weighted by Crippen LogP contribution is 2.36. The van der Waals surface area contributed by atoms with Crippen LogP contribution in [0.5, 0.6) is 0 Å². The van der Waals surface area contributed by atoms with Gasteiger partial charge in [-0.15, -0.1) is 11.3 Å². The topological polar surface area (TPSA) is 24.9 Å². The molecule has 1 N–H and O–H groups in total. The Morgan fingerprint density at radius 1 is 1.35 bits per heavy atom. The summed E-state index contributed by atoms with van der Waals surface area (Å²) in [6.45, 7) is 2.07. The van der Waals surface area contributed by atoms with Crippen molar-refractivity contribution in [1.29, 1.82) is 0 Å². The molecule has 17 heavy (non-hydrogen) atoms. The Labute approximate surface area is 113 Å². The third-order valence-corrected chi connectivity index (χ3v) is 4.70. The number of thiazole rings is 1. The van der Waals surface area contributed by atoms with E-state index in [1.807, 2.05) is 5.51 Å². The molecular formula is C13H13BrN2S. The second-order valence-electron chi connectivity index (χ2n) is 4.52. The Hall–Kier alpha value is -0.710. The van der Waals surface area contributed by atoms with E-state index in [4.69, 9.17) is 0 Å². The van der Waals surface area contributed by atoms with Gasteiger partial charge in [-0.3, -0.25) is 0 Å². The van der Waals surface area contributed by atoms with Crippen LogP contribution in [0, 0.1) is 0 Å². The fraction of sp³-hybridized carbons (Fsp3) is 0.308. The van der Waals surface area contributed by atoms with Gasteiger partial charge in [0.15, 0.2) is 0 Å². The molecule has 1 aliphatic heterocycles. The SMILES string of the molecule is Brc1ccccc1C1(Cc2cscn2)CNC1. The van der Waals surface area contributed by atoms with Crippen LogP contribution in [0.3, 0.4) is 0 Å². The highest BCUT2D eigenvalue weighted by Gasteiger charge is 2.40. The molecule has 0 bridgehead atoms. The lowest BCUT2D eigenvalue weighted by atomic mass is 9.72. The number of rotatable bonds is 3. The quantitative estimate of drug-likeness (QED) is 0.943. The first-order valence-electron chi connectivity index (χ1n) is 5.63. The number of nitrogens with one attached hydrogen (secondary N) is 1. The molecule has 1 saturated heterocycles. The maximum Gasteiger partial charge on any atom is 0.0794 e. The maximum absolute atomic E-state index is 4.41. The summed E-state index contributed by atoms with van der Waals surface area (Å²) in [7, 11) is 0. The summed E-state index contributed by atoms with van der Waals surface area (Å²) in [5.74, 6) is 0. The van der Waals surface area contributed by atoms with Crippen LogP contribution in [0.2, 0.25) is 0 Å². The van der Waals surface area contributed by atoms with Crippen molar-refractivity contribution in [3.63, 3.8) is 0 Å². The summed E-state index contributed by atoms with van der Waals surface area (Å²) in [5.41, 5.74) is 4.72. The number of aromatic nitrogens is 1. The van der Waals surface area contributed by atoms with Gasteiger partial charge in [0, 0.05) is 34.8 Å². The fourth-order valence-corrected chi connectivity index (χ4v) is 3.66. The molecule has 1 fully saturated rings. The van der Waals surface area contributed by atoms with E-state index in [2.05, 4.69) is 55.9 Å². The normalized spacial score (nSPS) is 17.7. The largest absolute Gasteiger partial charge is 0.315 e. The van der Waals surface area contributed by atoms with E-state index in [9.17, 15) is 0 Å². The number of hydrogen-bond donors (Lipinski definition) is 1. The van der Waals surface area contributed by atoms with Gasteiger partial charge in [-0.25, -0.2) is 4.98 Å². The van der Waals surface area contributed by atoms with E-state index >= 15 is 0 Å². The molecule has 2 aromatic rings. The Morgan fingerprint density at radius 3 is 2.76 bits per heavy atom. The first kappa shape index (κ1) is 11.4. The van der Waals surface area contributed by atoms with Crippen LogP contribution in [0.4, 0.5) is 0 Å². The molecule has 0 unspecified atom stereocenters. The predicted molar refractivity (Wildman–Crippen MR) is 74.5 cm³/mol. The molecule has 4 heteroatoms. The lowest BCUT2D eigenvalue weighted by Crippen LogP contribution is -2.58. The van der Waals surface area contributed by atoms with Gasteiger partial charge in [-0.05, 0) is 11.6 Å². The predicted octanol–water partition coefficient (Wildman–Crippen LogP) is 2.99. The smallest absolute Gasteiger partial charge is 0.0794 e. The summed E-state index contributed by atoms with van der Waals surface area (Å²) in [4.78, 5) is 4.41. The van der Waals surface area contributed by atoms with Crippen molar-refractivity contribution in [3.8, 4) is 0 Å². The molecule has 0 aliphatic carbocycles. The molecule has 0 radical (unpaired) electrons. The second kappa shape index (κ2) is 4.52. The molecule has 1 aromatic carbocycles. The lowest BCUT2D eigenvalue weighted by molar-refractivity contribution is 0.272. The van der Waals surface area contributed by atoms with Crippen LogP contribution in [-0.4, -0.2) is 18.1 Å². The number of hydrogen-bond acceptors (Lipinski definition) is 3. The third-order valence-electron chi connectivity index (χ3n) is 3.37. The van der Waals surface area contributed by atoms with Gasteiger partial charge in [0.2, 0.25) is 0 Å². The first-order chi connectivity index (χ1) is 8.30. The molecule has 3 rings (SSSR count). The number of benzene rings is 1. The van der Waals surface area contributed by atoms with E-state index in [1.165, 1.54) is 15.7 Å². The van der Waals surface area contributed by atoms with Gasteiger partial charge >= 0.3 is 0 Å². The van der Waals surface area contributed by atoms with E-state index in [0.717, 1.165) is 19.5 Å². The van der Waals surface area contributed by atoms with Crippen LogP contribution < -0.4 is 5.32 Å².